The first-order valence-corrected chi connectivity index (χ1v) is 13.0. The third-order valence-electron chi connectivity index (χ3n) is 5.95. The van der Waals surface area contributed by atoms with Gasteiger partial charge in [-0.2, -0.15) is 0 Å². The van der Waals surface area contributed by atoms with Crippen LogP contribution in [0.3, 0.4) is 0 Å². The van der Waals surface area contributed by atoms with E-state index in [0.29, 0.717) is 12.1 Å². The smallest absolute Gasteiger partial charge is 0.251 e. The molecule has 1 aliphatic heterocycles. The van der Waals surface area contributed by atoms with Crippen molar-refractivity contribution in [2.24, 2.45) is 0 Å². The number of thioether (sulfide) groups is 1. The van der Waals surface area contributed by atoms with Crippen LogP contribution in [0.15, 0.2) is 65.8 Å². The number of rotatable bonds is 10. The molecule has 0 spiro atoms. The van der Waals surface area contributed by atoms with Crippen LogP contribution in [0.25, 0.3) is 11.3 Å². The topological polar surface area (TPSA) is 67.4 Å². The van der Waals surface area contributed by atoms with Crippen molar-refractivity contribution in [3.8, 4) is 11.3 Å². The fraction of sp³-hybridized carbons (Fsp3) is 0.370. The molecule has 178 valence electrons. The number of aromatic nitrogens is 2. The third-order valence-corrected chi connectivity index (χ3v) is 6.87. The Labute approximate surface area is 206 Å². The Morgan fingerprint density at radius 3 is 2.53 bits per heavy atom. The number of ether oxygens (including phenoxy) is 1. The molecule has 6 nitrogen and oxygen atoms in total. The van der Waals surface area contributed by atoms with Crippen molar-refractivity contribution in [2.45, 2.75) is 43.7 Å². The van der Waals surface area contributed by atoms with Crippen molar-refractivity contribution in [3.63, 3.8) is 0 Å². The van der Waals surface area contributed by atoms with Gasteiger partial charge in [0.2, 0.25) is 0 Å². The largest absolute Gasteiger partial charge is 0.376 e. The Hall–Kier alpha value is -2.90. The van der Waals surface area contributed by atoms with Crippen LogP contribution in [0.5, 0.6) is 0 Å². The Balaban J connectivity index is 1.42. The van der Waals surface area contributed by atoms with Gasteiger partial charge in [0.25, 0.3) is 5.91 Å². The number of hydrogen-bond donors (Lipinski definition) is 1. The van der Waals surface area contributed by atoms with Gasteiger partial charge in [-0.25, -0.2) is 9.97 Å². The number of amides is 1. The molecule has 1 atom stereocenters. The molecular formula is C27H32N4O2S. The summed E-state index contributed by atoms with van der Waals surface area (Å²) in [5.74, 6) is 1.62. The second kappa shape index (κ2) is 12.0. The van der Waals surface area contributed by atoms with Gasteiger partial charge in [0.1, 0.15) is 5.82 Å². The maximum atomic E-state index is 12.4. The van der Waals surface area contributed by atoms with Gasteiger partial charge >= 0.3 is 0 Å². The highest BCUT2D eigenvalue weighted by Gasteiger charge is 2.17. The zero-order valence-corrected chi connectivity index (χ0v) is 20.7. The molecule has 1 saturated heterocycles. The summed E-state index contributed by atoms with van der Waals surface area (Å²) in [7, 11) is 0. The molecule has 0 saturated carbocycles. The van der Waals surface area contributed by atoms with E-state index >= 15 is 0 Å². The molecule has 0 unspecified atom stereocenters. The maximum absolute atomic E-state index is 12.4. The van der Waals surface area contributed by atoms with Crippen LogP contribution in [0.2, 0.25) is 0 Å². The van der Waals surface area contributed by atoms with Gasteiger partial charge < -0.3 is 15.0 Å². The lowest BCUT2D eigenvalue weighted by atomic mass is 10.1. The van der Waals surface area contributed by atoms with Crippen LogP contribution in [0.1, 0.15) is 42.6 Å². The molecule has 1 amide bonds. The second-order valence-corrected chi connectivity index (χ2v) is 9.21. The Morgan fingerprint density at radius 2 is 1.85 bits per heavy atom. The predicted molar refractivity (Wildman–Crippen MR) is 138 cm³/mol. The Bertz CT molecular complexity index is 1070. The van der Waals surface area contributed by atoms with Crippen molar-refractivity contribution < 1.29 is 9.53 Å². The van der Waals surface area contributed by atoms with E-state index in [1.807, 2.05) is 42.5 Å². The normalized spacial score (nSPS) is 15.3. The third kappa shape index (κ3) is 6.36. The highest BCUT2D eigenvalue weighted by molar-refractivity contribution is 7.98. The summed E-state index contributed by atoms with van der Waals surface area (Å²) in [5.41, 5.74) is 3.80. The van der Waals surface area contributed by atoms with Gasteiger partial charge in [-0.05, 0) is 44.4 Å². The molecule has 2 aromatic carbocycles. The molecule has 1 fully saturated rings. The van der Waals surface area contributed by atoms with E-state index in [1.165, 1.54) is 0 Å². The maximum Gasteiger partial charge on any atom is 0.251 e. The summed E-state index contributed by atoms with van der Waals surface area (Å²) in [5, 5.41) is 3.73. The highest BCUT2D eigenvalue weighted by atomic mass is 32.2. The fourth-order valence-corrected chi connectivity index (χ4v) is 4.77. The van der Waals surface area contributed by atoms with E-state index in [4.69, 9.17) is 14.7 Å². The number of benzene rings is 2. The van der Waals surface area contributed by atoms with Crippen LogP contribution >= 0.6 is 11.8 Å². The van der Waals surface area contributed by atoms with Crippen LogP contribution in [0.4, 0.5) is 5.82 Å². The first-order valence-electron chi connectivity index (χ1n) is 12.0. The van der Waals surface area contributed by atoms with Crippen molar-refractivity contribution in [3.05, 3.63) is 71.8 Å². The first-order chi connectivity index (χ1) is 16.7. The van der Waals surface area contributed by atoms with E-state index < -0.39 is 0 Å². The lowest BCUT2D eigenvalue weighted by Gasteiger charge is -2.21. The molecule has 0 aliphatic carbocycles. The highest BCUT2D eigenvalue weighted by Crippen LogP contribution is 2.27. The first kappa shape index (κ1) is 24.2. The lowest BCUT2D eigenvalue weighted by molar-refractivity contribution is 0.0858. The summed E-state index contributed by atoms with van der Waals surface area (Å²) < 4.78 is 5.57. The number of hydrogen-bond acceptors (Lipinski definition) is 6. The number of carbonyl (C=O) groups excluding carboxylic acids is 1. The monoisotopic (exact) mass is 476 g/mol. The minimum Gasteiger partial charge on any atom is -0.376 e. The van der Waals surface area contributed by atoms with Gasteiger partial charge in [-0.1, -0.05) is 54.2 Å². The summed E-state index contributed by atoms with van der Waals surface area (Å²) >= 11 is 1.61. The van der Waals surface area contributed by atoms with Gasteiger partial charge in [0.05, 0.1) is 11.8 Å². The second-order valence-electron chi connectivity index (χ2n) is 8.26. The molecular weight excluding hydrogens is 444 g/mol. The zero-order chi connectivity index (χ0) is 23.8. The SMILES string of the molecule is CCN(CC)c1cc(-c2ccccc2)nc(SCc2ccc(C(=O)NC[C@@H]3CCCO3)cc2)n1. The van der Waals surface area contributed by atoms with E-state index in [1.54, 1.807) is 11.8 Å². The molecule has 3 aromatic rings. The van der Waals surface area contributed by atoms with Gasteiger partial charge in [-0.15, -0.1) is 0 Å². The molecule has 1 aromatic heterocycles. The van der Waals surface area contributed by atoms with Gasteiger partial charge in [0.15, 0.2) is 5.16 Å². The molecule has 2 heterocycles. The van der Waals surface area contributed by atoms with E-state index in [-0.39, 0.29) is 12.0 Å². The van der Waals surface area contributed by atoms with Crippen molar-refractivity contribution >= 4 is 23.5 Å². The summed E-state index contributed by atoms with van der Waals surface area (Å²) in [4.78, 5) is 24.3. The van der Waals surface area contributed by atoms with Crippen LogP contribution in [-0.4, -0.2) is 48.2 Å². The molecule has 0 bridgehead atoms. The van der Waals surface area contributed by atoms with Gasteiger partial charge in [0, 0.05) is 49.2 Å². The molecule has 7 heteroatoms. The number of nitrogens with zero attached hydrogens (tertiary/aromatic N) is 3. The quantitative estimate of drug-likeness (QED) is 0.321. The molecule has 1 N–H and O–H groups in total. The fourth-order valence-electron chi connectivity index (χ4n) is 3.96. The molecule has 0 radical (unpaired) electrons. The number of carbonyl (C=O) groups is 1. The molecule has 1 aliphatic rings. The number of nitrogens with one attached hydrogen (secondary N) is 1. The van der Waals surface area contributed by atoms with E-state index in [9.17, 15) is 4.79 Å². The summed E-state index contributed by atoms with van der Waals surface area (Å²) in [6, 6.07) is 20.0. The van der Waals surface area contributed by atoms with Crippen LogP contribution < -0.4 is 10.2 Å². The van der Waals surface area contributed by atoms with Gasteiger partial charge in [-0.3, -0.25) is 4.79 Å². The number of anilines is 1. The standard InChI is InChI=1S/C27H32N4O2S/c1-3-31(4-2)25-17-24(21-9-6-5-7-10-21)29-27(30-25)34-19-20-12-14-22(15-13-20)26(32)28-18-23-11-8-16-33-23/h5-7,9-10,12-15,17,23H,3-4,8,11,16,18-19H2,1-2H3,(H,28,32)/t23-/m0/s1. The summed E-state index contributed by atoms with van der Waals surface area (Å²) in [6.45, 7) is 7.42. The lowest BCUT2D eigenvalue weighted by Crippen LogP contribution is -2.31. The minimum atomic E-state index is -0.0579. The molecule has 4 rings (SSSR count). The van der Waals surface area contributed by atoms with Crippen LogP contribution in [-0.2, 0) is 10.5 Å². The zero-order valence-electron chi connectivity index (χ0n) is 19.9. The molecule has 34 heavy (non-hydrogen) atoms. The van der Waals surface area contributed by atoms with E-state index in [0.717, 1.165) is 66.1 Å². The predicted octanol–water partition coefficient (Wildman–Crippen LogP) is 5.19. The summed E-state index contributed by atoms with van der Waals surface area (Å²) in [6.07, 6.45) is 2.23. The average molecular weight is 477 g/mol. The van der Waals surface area contributed by atoms with Crippen molar-refractivity contribution in [1.82, 2.24) is 15.3 Å². The van der Waals surface area contributed by atoms with Crippen molar-refractivity contribution in [2.75, 3.05) is 31.1 Å². The van der Waals surface area contributed by atoms with Crippen molar-refractivity contribution in [1.29, 1.82) is 0 Å². The van der Waals surface area contributed by atoms with Crippen LogP contribution in [0, 0.1) is 0 Å². The Kier molecular flexibility index (Phi) is 8.55. The Morgan fingerprint density at radius 1 is 1.09 bits per heavy atom. The minimum absolute atomic E-state index is 0.0579. The average Bonchev–Trinajstić information content (AvgIpc) is 3.41. The van der Waals surface area contributed by atoms with E-state index in [2.05, 4.69) is 42.3 Å².